The lowest BCUT2D eigenvalue weighted by atomic mass is 10.3. The van der Waals surface area contributed by atoms with Crippen LogP contribution >= 0.6 is 12.6 Å². The molecule has 8 heteroatoms. The van der Waals surface area contributed by atoms with Crippen molar-refractivity contribution in [3.05, 3.63) is 11.8 Å². The quantitative estimate of drug-likeness (QED) is 0.594. The summed E-state index contributed by atoms with van der Waals surface area (Å²) >= 11 is 4.30. The number of hydrogen-bond acceptors (Lipinski definition) is 6. The number of esters is 1. The van der Waals surface area contributed by atoms with Gasteiger partial charge in [0.05, 0.1) is 26.0 Å². The molecule has 1 aromatic rings. The van der Waals surface area contributed by atoms with Gasteiger partial charge >= 0.3 is 5.97 Å². The van der Waals surface area contributed by atoms with Crippen LogP contribution in [0.5, 0.6) is 0 Å². The Morgan fingerprint density at radius 1 is 1.65 bits per heavy atom. The molecule has 0 spiro atoms. The molecule has 0 aromatic carbocycles. The number of thiol groups is 1. The number of nitrogens with zero attached hydrogens (tertiary/aromatic N) is 3. The first-order valence-electron chi connectivity index (χ1n) is 6.40. The Morgan fingerprint density at radius 2 is 2.40 bits per heavy atom. The average Bonchev–Trinajstić information content (AvgIpc) is 2.93. The van der Waals surface area contributed by atoms with Crippen LogP contribution in [0.1, 0.15) is 23.7 Å². The molecule has 0 aliphatic carbocycles. The third kappa shape index (κ3) is 2.80. The van der Waals surface area contributed by atoms with E-state index < -0.39 is 5.97 Å². The van der Waals surface area contributed by atoms with E-state index in [9.17, 15) is 9.59 Å². The van der Waals surface area contributed by atoms with Gasteiger partial charge in [-0.1, -0.05) is 0 Å². The van der Waals surface area contributed by atoms with Crippen LogP contribution in [0.2, 0.25) is 0 Å². The van der Waals surface area contributed by atoms with E-state index in [4.69, 9.17) is 9.84 Å². The third-order valence-corrected chi connectivity index (χ3v) is 3.32. The molecule has 0 radical (unpaired) electrons. The zero-order valence-electron chi connectivity index (χ0n) is 11.2. The number of anilines is 1. The lowest BCUT2D eigenvalue weighted by Gasteiger charge is -2.19. The molecule has 1 amide bonds. The summed E-state index contributed by atoms with van der Waals surface area (Å²) in [4.78, 5) is 25.4. The topological polar surface area (TPSA) is 84.7 Å². The van der Waals surface area contributed by atoms with Crippen molar-refractivity contribution >= 4 is 30.3 Å². The zero-order chi connectivity index (χ0) is 14.7. The first kappa shape index (κ1) is 14.9. The van der Waals surface area contributed by atoms with Gasteiger partial charge in [0, 0.05) is 18.2 Å². The smallest absolute Gasteiger partial charge is 0.343 e. The Hall–Kier alpha value is -1.54. The van der Waals surface area contributed by atoms with Crippen molar-refractivity contribution in [2.24, 2.45) is 0 Å². The Kier molecular flexibility index (Phi) is 4.66. The van der Waals surface area contributed by atoms with Gasteiger partial charge in [0.15, 0.2) is 0 Å². The van der Waals surface area contributed by atoms with Gasteiger partial charge in [-0.15, -0.1) is 0 Å². The minimum Gasteiger partial charge on any atom is -0.462 e. The highest BCUT2D eigenvalue weighted by Crippen LogP contribution is 2.28. The van der Waals surface area contributed by atoms with E-state index in [1.807, 2.05) is 0 Å². The van der Waals surface area contributed by atoms with Crippen molar-refractivity contribution in [1.82, 2.24) is 9.78 Å². The molecular formula is C12H17N3O4S. The number of amides is 1. The number of aromatic nitrogens is 2. The minimum absolute atomic E-state index is 0.0741. The molecule has 0 bridgehead atoms. The van der Waals surface area contributed by atoms with Crippen LogP contribution in [0.25, 0.3) is 0 Å². The predicted octanol–water partition coefficient (Wildman–Crippen LogP) is 0.0872. The van der Waals surface area contributed by atoms with Crippen LogP contribution < -0.4 is 4.90 Å². The van der Waals surface area contributed by atoms with Gasteiger partial charge in [0.25, 0.3) is 0 Å². The van der Waals surface area contributed by atoms with Gasteiger partial charge in [-0.3, -0.25) is 9.69 Å². The normalized spacial score (nSPS) is 18.6. The van der Waals surface area contributed by atoms with Crippen LogP contribution in [0.4, 0.5) is 5.82 Å². The standard InChI is InChI=1S/C12H17N3O4S/c1-2-19-12(18)9-6-13-15(3-4-16)11(9)14-7-8(20)5-10(14)17/h6,8,16,20H,2-5,7H2,1H3. The number of carbonyl (C=O) groups is 2. The fourth-order valence-corrected chi connectivity index (χ4v) is 2.49. The first-order chi connectivity index (χ1) is 9.58. The van der Waals surface area contributed by atoms with Gasteiger partial charge in [-0.25, -0.2) is 9.48 Å². The second kappa shape index (κ2) is 6.27. The number of carbonyl (C=O) groups excluding carboxylic acids is 2. The van der Waals surface area contributed by atoms with Crippen molar-refractivity contribution in [2.45, 2.75) is 25.1 Å². The summed E-state index contributed by atoms with van der Waals surface area (Å²) in [6.07, 6.45) is 1.68. The Bertz CT molecular complexity index is 517. The number of aliphatic hydroxyl groups is 1. The van der Waals surface area contributed by atoms with E-state index in [1.165, 1.54) is 15.8 Å². The van der Waals surface area contributed by atoms with Crippen molar-refractivity contribution in [2.75, 3.05) is 24.7 Å². The highest BCUT2D eigenvalue weighted by atomic mass is 32.1. The molecule has 2 heterocycles. The maximum atomic E-state index is 12.0. The van der Waals surface area contributed by atoms with Gasteiger partial charge in [0.1, 0.15) is 11.4 Å². The van der Waals surface area contributed by atoms with Gasteiger partial charge < -0.3 is 9.84 Å². The van der Waals surface area contributed by atoms with Crippen molar-refractivity contribution in [1.29, 1.82) is 0 Å². The number of aliphatic hydroxyl groups excluding tert-OH is 1. The predicted molar refractivity (Wildman–Crippen MR) is 75.0 cm³/mol. The number of ether oxygens (including phenoxy) is 1. The minimum atomic E-state index is -0.526. The second-order valence-corrected chi connectivity index (χ2v) is 5.14. The Morgan fingerprint density at radius 3 is 2.95 bits per heavy atom. The molecule has 20 heavy (non-hydrogen) atoms. The lowest BCUT2D eigenvalue weighted by molar-refractivity contribution is -0.117. The second-order valence-electron chi connectivity index (χ2n) is 4.41. The van der Waals surface area contributed by atoms with Crippen LogP contribution in [-0.2, 0) is 16.1 Å². The molecule has 1 aromatic heterocycles. The molecule has 1 saturated heterocycles. The molecular weight excluding hydrogens is 282 g/mol. The van der Waals surface area contributed by atoms with Crippen molar-refractivity contribution < 1.29 is 19.4 Å². The average molecular weight is 299 g/mol. The molecule has 1 aliphatic heterocycles. The number of rotatable bonds is 5. The Balaban J connectivity index is 2.39. The first-order valence-corrected chi connectivity index (χ1v) is 6.92. The lowest BCUT2D eigenvalue weighted by Crippen LogP contribution is -2.29. The fourth-order valence-electron chi connectivity index (χ4n) is 2.17. The molecule has 2 rings (SSSR count). The third-order valence-electron chi connectivity index (χ3n) is 2.98. The summed E-state index contributed by atoms with van der Waals surface area (Å²) in [5.74, 6) is -0.267. The monoisotopic (exact) mass is 299 g/mol. The molecule has 7 nitrogen and oxygen atoms in total. The van der Waals surface area contributed by atoms with E-state index in [0.29, 0.717) is 18.8 Å². The molecule has 0 saturated carbocycles. The van der Waals surface area contributed by atoms with Gasteiger partial charge in [-0.2, -0.15) is 17.7 Å². The van der Waals surface area contributed by atoms with E-state index in [2.05, 4.69) is 17.7 Å². The van der Waals surface area contributed by atoms with Gasteiger partial charge in [-0.05, 0) is 6.92 Å². The van der Waals surface area contributed by atoms with Crippen molar-refractivity contribution in [3.8, 4) is 0 Å². The SMILES string of the molecule is CCOC(=O)c1cnn(CCO)c1N1CC(S)CC1=O. The molecule has 1 N–H and O–H groups in total. The summed E-state index contributed by atoms with van der Waals surface area (Å²) in [6, 6.07) is 0. The maximum Gasteiger partial charge on any atom is 0.343 e. The summed E-state index contributed by atoms with van der Waals surface area (Å²) in [6.45, 7) is 2.43. The molecule has 110 valence electrons. The zero-order valence-corrected chi connectivity index (χ0v) is 12.0. The summed E-state index contributed by atoms with van der Waals surface area (Å²) < 4.78 is 6.41. The van der Waals surface area contributed by atoms with Crippen molar-refractivity contribution in [3.63, 3.8) is 0 Å². The van der Waals surface area contributed by atoms with Crippen LogP contribution in [0, 0.1) is 0 Å². The van der Waals surface area contributed by atoms with Crippen LogP contribution in [0.3, 0.4) is 0 Å². The number of hydrogen-bond donors (Lipinski definition) is 2. The van der Waals surface area contributed by atoms with E-state index >= 15 is 0 Å². The van der Waals surface area contributed by atoms with E-state index in [1.54, 1.807) is 6.92 Å². The van der Waals surface area contributed by atoms with Gasteiger partial charge in [0.2, 0.25) is 5.91 Å². The summed E-state index contributed by atoms with van der Waals surface area (Å²) in [5, 5.41) is 13.0. The molecule has 1 atom stereocenters. The summed E-state index contributed by atoms with van der Waals surface area (Å²) in [7, 11) is 0. The summed E-state index contributed by atoms with van der Waals surface area (Å²) in [5.41, 5.74) is 0.232. The highest BCUT2D eigenvalue weighted by Gasteiger charge is 2.34. The van der Waals surface area contributed by atoms with Crippen LogP contribution in [0.15, 0.2) is 6.20 Å². The van der Waals surface area contributed by atoms with Crippen LogP contribution in [-0.4, -0.2) is 51.8 Å². The molecule has 1 fully saturated rings. The molecule has 1 unspecified atom stereocenters. The fraction of sp³-hybridized carbons (Fsp3) is 0.583. The van der Waals surface area contributed by atoms with E-state index in [0.717, 1.165) is 0 Å². The Labute approximate surface area is 121 Å². The largest absolute Gasteiger partial charge is 0.462 e. The van der Waals surface area contributed by atoms with E-state index in [-0.39, 0.29) is 36.5 Å². The highest BCUT2D eigenvalue weighted by molar-refractivity contribution is 7.81. The molecule has 1 aliphatic rings. The maximum absolute atomic E-state index is 12.0.